The second kappa shape index (κ2) is 26.2. The van der Waals surface area contributed by atoms with Crippen molar-refractivity contribution >= 4 is 57.7 Å². The standard InChI is InChI=1S/C56H67ClN6O9S/c1-38-52(73-37-59-38)43-12-10-39(11-13-43)33-58-54(68)48-32-45(65)34-63(48)55(69)53(56(2,3)4)60-49(66)35-70-30-31-71-36-50(67)62-26-24-61(25-27-62)28-29-72-46-20-16-42(17-21-46)51(41-14-18-44(64)19-15-41)47(22-23-57)40-8-6-5-7-9-40/h5-21,37,45,48,53,64-65H,22-36H2,1-4H3,(H,58,68)(H,60,66)/t45-,48+,53?/m1/s1. The summed E-state index contributed by atoms with van der Waals surface area (Å²) in [4.78, 5) is 64.3. The fraction of sp³-hybridized carbons (Fsp3) is 0.411. The molecule has 388 valence electrons. The SMILES string of the molecule is Cc1ncsc1-c1ccc(CNC(=O)[C@@H]2C[C@@H](O)CN2C(=O)C(NC(=O)COCCOCC(=O)N2CCN(CCOc3ccc(C(=C(CCCl)c4ccccc4)c4ccc(O)cc4)cc3)CC2)C(C)(C)C)cc1. The third-order valence-corrected chi connectivity index (χ3v) is 14.2. The maximum absolute atomic E-state index is 14.0. The molecule has 4 aromatic carbocycles. The van der Waals surface area contributed by atoms with Crippen LogP contribution in [0, 0.1) is 12.3 Å². The monoisotopic (exact) mass is 1030 g/mol. The molecule has 5 aromatic rings. The quantitative estimate of drug-likeness (QED) is 0.0326. The summed E-state index contributed by atoms with van der Waals surface area (Å²) in [5, 5.41) is 26.3. The van der Waals surface area contributed by atoms with Crippen molar-refractivity contribution in [3.05, 3.63) is 137 Å². The molecule has 4 N–H and O–H groups in total. The second-order valence-electron chi connectivity index (χ2n) is 19.3. The van der Waals surface area contributed by atoms with Gasteiger partial charge in [0.1, 0.15) is 43.4 Å². The number of thiazole rings is 1. The highest BCUT2D eigenvalue weighted by molar-refractivity contribution is 7.13. The summed E-state index contributed by atoms with van der Waals surface area (Å²) in [6, 6.07) is 31.4. The summed E-state index contributed by atoms with van der Waals surface area (Å²) < 4.78 is 17.3. The lowest BCUT2D eigenvalue weighted by molar-refractivity contribution is -0.144. The van der Waals surface area contributed by atoms with E-state index >= 15 is 0 Å². The van der Waals surface area contributed by atoms with Crippen LogP contribution in [0.15, 0.2) is 109 Å². The Kier molecular flexibility index (Phi) is 19.6. The molecule has 3 atom stereocenters. The summed E-state index contributed by atoms with van der Waals surface area (Å²) in [5.41, 5.74) is 9.21. The predicted molar refractivity (Wildman–Crippen MR) is 284 cm³/mol. The molecule has 73 heavy (non-hydrogen) atoms. The number of rotatable bonds is 22. The zero-order chi connectivity index (χ0) is 51.9. The maximum Gasteiger partial charge on any atom is 0.248 e. The fourth-order valence-corrected chi connectivity index (χ4v) is 10.0. The molecule has 1 aromatic heterocycles. The van der Waals surface area contributed by atoms with E-state index in [4.69, 9.17) is 25.8 Å². The number of aliphatic hydroxyl groups is 1. The fourth-order valence-electron chi connectivity index (χ4n) is 9.04. The van der Waals surface area contributed by atoms with E-state index in [0.29, 0.717) is 51.6 Å². The number of aromatic hydroxyl groups is 1. The van der Waals surface area contributed by atoms with Gasteiger partial charge in [0, 0.05) is 58.1 Å². The van der Waals surface area contributed by atoms with Crippen molar-refractivity contribution in [1.29, 1.82) is 0 Å². The predicted octanol–water partition coefficient (Wildman–Crippen LogP) is 6.78. The molecule has 2 saturated heterocycles. The molecular formula is C56H67ClN6O9S. The van der Waals surface area contributed by atoms with Gasteiger partial charge in [-0.3, -0.25) is 24.1 Å². The van der Waals surface area contributed by atoms with Crippen molar-refractivity contribution in [2.75, 3.05) is 78.2 Å². The number of phenols is 1. The summed E-state index contributed by atoms with van der Waals surface area (Å²) in [6.07, 6.45) is -0.139. The number of hydrogen-bond acceptors (Lipinski definition) is 12. The summed E-state index contributed by atoms with van der Waals surface area (Å²) in [5.74, 6) is -0.0840. The van der Waals surface area contributed by atoms with E-state index in [-0.39, 0.29) is 63.5 Å². The van der Waals surface area contributed by atoms with Crippen LogP contribution >= 0.6 is 22.9 Å². The van der Waals surface area contributed by atoms with Gasteiger partial charge < -0.3 is 44.9 Å². The topological polar surface area (TPSA) is 183 Å². The molecule has 7 rings (SSSR count). The van der Waals surface area contributed by atoms with Gasteiger partial charge in [0.05, 0.1) is 35.4 Å². The minimum absolute atomic E-state index is 0.0340. The number of piperazine rings is 1. The lowest BCUT2D eigenvalue weighted by Gasteiger charge is -2.35. The number of nitrogens with one attached hydrogen (secondary N) is 2. The van der Waals surface area contributed by atoms with Crippen LogP contribution in [0.3, 0.4) is 0 Å². The van der Waals surface area contributed by atoms with Crippen LogP contribution in [0.2, 0.25) is 0 Å². The number of aromatic nitrogens is 1. The zero-order valence-corrected chi connectivity index (χ0v) is 43.6. The van der Waals surface area contributed by atoms with Gasteiger partial charge >= 0.3 is 0 Å². The average molecular weight is 1040 g/mol. The number of allylic oxidation sites excluding steroid dienone is 1. The first-order valence-electron chi connectivity index (χ1n) is 24.8. The van der Waals surface area contributed by atoms with Crippen LogP contribution < -0.4 is 15.4 Å². The Bertz CT molecular complexity index is 2630. The molecule has 0 spiro atoms. The van der Waals surface area contributed by atoms with Gasteiger partial charge in [0.25, 0.3) is 0 Å². The minimum Gasteiger partial charge on any atom is -0.508 e. The molecule has 1 unspecified atom stereocenters. The van der Waals surface area contributed by atoms with E-state index in [9.17, 15) is 29.4 Å². The number of nitrogens with zero attached hydrogens (tertiary/aromatic N) is 4. The highest BCUT2D eigenvalue weighted by atomic mass is 35.5. The second-order valence-corrected chi connectivity index (χ2v) is 20.6. The van der Waals surface area contributed by atoms with Crippen LogP contribution in [0.5, 0.6) is 11.5 Å². The molecule has 15 nitrogen and oxygen atoms in total. The minimum atomic E-state index is -0.997. The molecular weight excluding hydrogens is 968 g/mol. The number of aryl methyl sites for hydroxylation is 1. The number of hydrogen-bond donors (Lipinski definition) is 4. The highest BCUT2D eigenvalue weighted by Gasteiger charge is 2.44. The molecule has 0 aliphatic carbocycles. The number of carbonyl (C=O) groups is 4. The van der Waals surface area contributed by atoms with Gasteiger partial charge in [-0.05, 0) is 82.0 Å². The number of phenolic OH excluding ortho intramolecular Hbond substituents is 1. The van der Waals surface area contributed by atoms with E-state index in [1.54, 1.807) is 28.4 Å². The molecule has 2 fully saturated rings. The third-order valence-electron chi connectivity index (χ3n) is 13.0. The lowest BCUT2D eigenvalue weighted by atomic mass is 9.85. The number of carbonyl (C=O) groups excluding carboxylic acids is 4. The van der Waals surface area contributed by atoms with Gasteiger partial charge in [-0.1, -0.05) is 99.6 Å². The first-order valence-corrected chi connectivity index (χ1v) is 26.2. The molecule has 3 heterocycles. The van der Waals surface area contributed by atoms with E-state index in [1.807, 2.05) is 112 Å². The molecule has 2 aliphatic heterocycles. The summed E-state index contributed by atoms with van der Waals surface area (Å²) in [6.45, 7) is 11.0. The molecule has 17 heteroatoms. The maximum atomic E-state index is 14.0. The van der Waals surface area contributed by atoms with Crippen molar-refractivity contribution in [3.63, 3.8) is 0 Å². The Balaban J connectivity index is 0.789. The Hall–Kier alpha value is -6.14. The Morgan fingerprint density at radius 3 is 2.12 bits per heavy atom. The van der Waals surface area contributed by atoms with Crippen molar-refractivity contribution in [2.24, 2.45) is 5.41 Å². The largest absolute Gasteiger partial charge is 0.508 e. The van der Waals surface area contributed by atoms with Gasteiger partial charge in [0.15, 0.2) is 0 Å². The molecule has 0 saturated carbocycles. The first kappa shape index (κ1) is 54.6. The van der Waals surface area contributed by atoms with Crippen LogP contribution in [0.25, 0.3) is 21.6 Å². The van der Waals surface area contributed by atoms with E-state index < -0.39 is 35.4 Å². The third kappa shape index (κ3) is 15.2. The van der Waals surface area contributed by atoms with Gasteiger partial charge in [-0.25, -0.2) is 4.98 Å². The van der Waals surface area contributed by atoms with Crippen LogP contribution in [-0.2, 0) is 35.2 Å². The number of halogens is 1. The summed E-state index contributed by atoms with van der Waals surface area (Å²) >= 11 is 7.89. The smallest absolute Gasteiger partial charge is 0.248 e. The number of β-amino-alcohol motifs (C(OH)–C–C–N with tert-alkyl or cyclic N) is 1. The molecule has 4 amide bonds. The van der Waals surface area contributed by atoms with Crippen LogP contribution in [0.1, 0.15) is 61.6 Å². The van der Waals surface area contributed by atoms with Gasteiger partial charge in [-0.15, -0.1) is 22.9 Å². The number of amides is 4. The normalized spacial score (nSPS) is 17.0. The summed E-state index contributed by atoms with van der Waals surface area (Å²) in [7, 11) is 0. The first-order chi connectivity index (χ1) is 35.2. The van der Waals surface area contributed by atoms with Crippen molar-refractivity contribution < 1.29 is 43.6 Å². The molecule has 2 aliphatic rings. The van der Waals surface area contributed by atoms with E-state index in [1.165, 1.54) is 4.90 Å². The highest BCUT2D eigenvalue weighted by Crippen LogP contribution is 2.36. The molecule has 0 radical (unpaired) electrons. The van der Waals surface area contributed by atoms with Crippen LogP contribution in [-0.4, -0.2) is 150 Å². The Labute approximate surface area is 437 Å². The van der Waals surface area contributed by atoms with Crippen LogP contribution in [0.4, 0.5) is 0 Å². The number of likely N-dealkylation sites (tertiary alicyclic amines) is 1. The Morgan fingerprint density at radius 1 is 0.836 bits per heavy atom. The van der Waals surface area contributed by atoms with Gasteiger partial charge in [0.2, 0.25) is 23.6 Å². The zero-order valence-electron chi connectivity index (χ0n) is 42.1. The Morgan fingerprint density at radius 2 is 1.49 bits per heavy atom. The van der Waals surface area contributed by atoms with Crippen molar-refractivity contribution in [1.82, 2.24) is 30.3 Å². The average Bonchev–Trinajstić information content (AvgIpc) is 4.01. The van der Waals surface area contributed by atoms with E-state index in [2.05, 4.69) is 32.7 Å². The number of alkyl halides is 1. The lowest BCUT2D eigenvalue weighted by Crippen LogP contribution is -2.58. The van der Waals surface area contributed by atoms with Crippen molar-refractivity contribution in [3.8, 4) is 21.9 Å². The number of benzene rings is 4. The van der Waals surface area contributed by atoms with Crippen molar-refractivity contribution in [2.45, 2.75) is 65.3 Å². The molecule has 0 bridgehead atoms. The number of ether oxygens (including phenoxy) is 3. The van der Waals surface area contributed by atoms with Gasteiger partial charge in [-0.2, -0.15) is 0 Å². The number of aliphatic hydroxyl groups excluding tert-OH is 1. The van der Waals surface area contributed by atoms with E-state index in [0.717, 1.165) is 55.3 Å².